The van der Waals surface area contributed by atoms with Crippen molar-refractivity contribution in [3.8, 4) is 0 Å². The van der Waals surface area contributed by atoms with Gasteiger partial charge < -0.3 is 14.5 Å². The Kier molecular flexibility index (Phi) is 5.74. The van der Waals surface area contributed by atoms with Crippen LogP contribution in [0.4, 0.5) is 0 Å². The number of carbonyl (C=O) groups is 1. The molecule has 1 aromatic heterocycles. The largest absolute Gasteiger partial charge is 0.381 e. The fourth-order valence-corrected chi connectivity index (χ4v) is 4.78. The Morgan fingerprint density at radius 3 is 2.78 bits per heavy atom. The second-order valence-electron chi connectivity index (χ2n) is 8.76. The van der Waals surface area contributed by atoms with E-state index in [1.807, 2.05) is 11.8 Å². The maximum Gasteiger partial charge on any atom is 0.222 e. The fraction of sp³-hybridized carbons (Fsp3) is 0.762. The third-order valence-electron chi connectivity index (χ3n) is 6.73. The highest BCUT2D eigenvalue weighted by atomic mass is 16.5. The van der Waals surface area contributed by atoms with Gasteiger partial charge in [-0.2, -0.15) is 0 Å². The van der Waals surface area contributed by atoms with Crippen molar-refractivity contribution in [1.82, 2.24) is 19.8 Å². The molecular weight excluding hydrogens is 340 g/mol. The highest BCUT2D eigenvalue weighted by Crippen LogP contribution is 2.40. The van der Waals surface area contributed by atoms with Crippen LogP contribution in [0.25, 0.3) is 0 Å². The molecule has 3 aliphatic rings. The minimum Gasteiger partial charge on any atom is -0.381 e. The Hall–Kier alpha value is -1.53. The summed E-state index contributed by atoms with van der Waals surface area (Å²) in [6.07, 6.45) is 10.2. The molecule has 0 aliphatic carbocycles. The lowest BCUT2D eigenvalue weighted by Crippen LogP contribution is -2.51. The van der Waals surface area contributed by atoms with Crippen LogP contribution < -0.4 is 0 Å². The van der Waals surface area contributed by atoms with Crippen LogP contribution in [0.1, 0.15) is 49.9 Å². The van der Waals surface area contributed by atoms with E-state index in [-0.39, 0.29) is 5.91 Å². The summed E-state index contributed by atoms with van der Waals surface area (Å²) in [5, 5.41) is 0. The van der Waals surface area contributed by atoms with Gasteiger partial charge in [-0.1, -0.05) is 0 Å². The van der Waals surface area contributed by atoms with Crippen LogP contribution in [0.15, 0.2) is 12.4 Å². The SMILES string of the molecule is Cc1cnc(CN2CC3(CCC2=O)CCN(CC[C@H]2CCOC2)CC3)cn1. The smallest absolute Gasteiger partial charge is 0.222 e. The summed E-state index contributed by atoms with van der Waals surface area (Å²) in [7, 11) is 0. The van der Waals surface area contributed by atoms with Gasteiger partial charge in [0.2, 0.25) is 5.91 Å². The number of aromatic nitrogens is 2. The molecule has 0 N–H and O–H groups in total. The first kappa shape index (κ1) is 18.8. The third kappa shape index (κ3) is 4.66. The molecule has 3 saturated heterocycles. The van der Waals surface area contributed by atoms with Gasteiger partial charge in [0.15, 0.2) is 0 Å². The number of carbonyl (C=O) groups excluding carboxylic acids is 1. The zero-order valence-corrected chi connectivity index (χ0v) is 16.5. The van der Waals surface area contributed by atoms with Gasteiger partial charge in [-0.3, -0.25) is 14.8 Å². The molecule has 1 atom stereocenters. The van der Waals surface area contributed by atoms with Crippen molar-refractivity contribution >= 4 is 5.91 Å². The number of aryl methyl sites for hydroxylation is 1. The minimum atomic E-state index is 0.270. The molecule has 0 unspecified atom stereocenters. The Morgan fingerprint density at radius 1 is 1.22 bits per heavy atom. The van der Waals surface area contributed by atoms with Crippen molar-refractivity contribution in [3.63, 3.8) is 0 Å². The number of nitrogens with zero attached hydrogens (tertiary/aromatic N) is 4. The van der Waals surface area contributed by atoms with Gasteiger partial charge in [0.1, 0.15) is 0 Å². The van der Waals surface area contributed by atoms with Gasteiger partial charge in [-0.25, -0.2) is 0 Å². The number of ether oxygens (including phenoxy) is 1. The average Bonchev–Trinajstić information content (AvgIpc) is 3.20. The molecule has 0 radical (unpaired) electrons. The van der Waals surface area contributed by atoms with Crippen LogP contribution in [0.3, 0.4) is 0 Å². The first-order chi connectivity index (χ1) is 13.1. The second kappa shape index (κ2) is 8.23. The zero-order chi connectivity index (χ0) is 18.7. The minimum absolute atomic E-state index is 0.270. The maximum absolute atomic E-state index is 12.5. The van der Waals surface area contributed by atoms with Crippen molar-refractivity contribution in [1.29, 1.82) is 0 Å². The standard InChI is InChI=1S/C21H32N4O2/c1-17-12-23-19(13-22-17)14-25-16-21(5-2-20(25)26)6-9-24(10-7-21)8-3-18-4-11-27-15-18/h12-13,18H,2-11,14-16H2,1H3/t18-/m0/s1. The van der Waals surface area contributed by atoms with Gasteiger partial charge in [-0.05, 0) is 70.0 Å². The molecule has 1 spiro atoms. The molecule has 4 rings (SSSR count). The second-order valence-corrected chi connectivity index (χ2v) is 8.76. The molecule has 3 aliphatic heterocycles. The van der Waals surface area contributed by atoms with Crippen LogP contribution in [0, 0.1) is 18.3 Å². The van der Waals surface area contributed by atoms with E-state index in [0.717, 1.165) is 43.5 Å². The first-order valence-corrected chi connectivity index (χ1v) is 10.5. The van der Waals surface area contributed by atoms with E-state index in [9.17, 15) is 4.79 Å². The van der Waals surface area contributed by atoms with E-state index in [1.54, 1.807) is 12.4 Å². The van der Waals surface area contributed by atoms with Crippen LogP contribution in [-0.4, -0.2) is 65.1 Å². The Labute approximate surface area is 162 Å². The molecule has 27 heavy (non-hydrogen) atoms. The van der Waals surface area contributed by atoms with E-state index in [1.165, 1.54) is 45.3 Å². The van der Waals surface area contributed by atoms with Gasteiger partial charge in [0.05, 0.1) is 24.1 Å². The van der Waals surface area contributed by atoms with E-state index < -0.39 is 0 Å². The van der Waals surface area contributed by atoms with Crippen molar-refractivity contribution in [2.45, 2.75) is 52.0 Å². The lowest BCUT2D eigenvalue weighted by molar-refractivity contribution is -0.140. The number of likely N-dealkylation sites (tertiary alicyclic amines) is 2. The maximum atomic E-state index is 12.5. The summed E-state index contributed by atoms with van der Waals surface area (Å²) in [6.45, 7) is 8.85. The highest BCUT2D eigenvalue weighted by molar-refractivity contribution is 5.77. The summed E-state index contributed by atoms with van der Waals surface area (Å²) < 4.78 is 5.50. The summed E-state index contributed by atoms with van der Waals surface area (Å²) in [5.74, 6) is 1.03. The summed E-state index contributed by atoms with van der Waals surface area (Å²) in [4.78, 5) is 25.9. The number of amides is 1. The monoisotopic (exact) mass is 372 g/mol. The fourth-order valence-electron chi connectivity index (χ4n) is 4.78. The Balaban J connectivity index is 1.29. The number of hydrogen-bond acceptors (Lipinski definition) is 5. The lowest BCUT2D eigenvalue weighted by atomic mass is 9.72. The molecule has 4 heterocycles. The average molecular weight is 373 g/mol. The lowest BCUT2D eigenvalue weighted by Gasteiger charge is -2.47. The van der Waals surface area contributed by atoms with E-state index in [2.05, 4.69) is 14.9 Å². The number of hydrogen-bond donors (Lipinski definition) is 0. The molecule has 0 saturated carbocycles. The van der Waals surface area contributed by atoms with Crippen molar-refractivity contribution in [2.75, 3.05) is 39.4 Å². The van der Waals surface area contributed by atoms with Crippen LogP contribution in [-0.2, 0) is 16.1 Å². The summed E-state index contributed by atoms with van der Waals surface area (Å²) in [5.41, 5.74) is 2.11. The van der Waals surface area contributed by atoms with Gasteiger partial charge >= 0.3 is 0 Å². The third-order valence-corrected chi connectivity index (χ3v) is 6.73. The van der Waals surface area contributed by atoms with E-state index >= 15 is 0 Å². The summed E-state index contributed by atoms with van der Waals surface area (Å²) in [6, 6.07) is 0. The van der Waals surface area contributed by atoms with Crippen LogP contribution in [0.5, 0.6) is 0 Å². The van der Waals surface area contributed by atoms with Gasteiger partial charge in [0.25, 0.3) is 0 Å². The summed E-state index contributed by atoms with van der Waals surface area (Å²) >= 11 is 0. The molecular formula is C21H32N4O2. The van der Waals surface area contributed by atoms with E-state index in [4.69, 9.17) is 4.74 Å². The van der Waals surface area contributed by atoms with Crippen molar-refractivity contribution < 1.29 is 9.53 Å². The molecule has 1 aromatic rings. The zero-order valence-electron chi connectivity index (χ0n) is 16.5. The van der Waals surface area contributed by atoms with E-state index in [0.29, 0.717) is 18.4 Å². The molecule has 148 valence electrons. The van der Waals surface area contributed by atoms with Gasteiger partial charge in [-0.15, -0.1) is 0 Å². The highest BCUT2D eigenvalue weighted by Gasteiger charge is 2.41. The topological polar surface area (TPSA) is 58.6 Å². The molecule has 1 amide bonds. The quantitative estimate of drug-likeness (QED) is 0.794. The normalized spacial score (nSPS) is 26.0. The molecule has 0 aromatic carbocycles. The molecule has 0 bridgehead atoms. The molecule has 3 fully saturated rings. The Morgan fingerprint density at radius 2 is 2.07 bits per heavy atom. The number of piperidine rings is 2. The van der Waals surface area contributed by atoms with Crippen molar-refractivity contribution in [3.05, 3.63) is 23.8 Å². The predicted octanol–water partition coefficient (Wildman–Crippen LogP) is 2.42. The van der Waals surface area contributed by atoms with Gasteiger partial charge in [0, 0.05) is 32.4 Å². The Bertz CT molecular complexity index is 634. The van der Waals surface area contributed by atoms with Crippen molar-refractivity contribution in [2.24, 2.45) is 11.3 Å². The van der Waals surface area contributed by atoms with Crippen LogP contribution in [0.2, 0.25) is 0 Å². The number of rotatable bonds is 5. The predicted molar refractivity (Wildman–Crippen MR) is 103 cm³/mol. The first-order valence-electron chi connectivity index (χ1n) is 10.5. The van der Waals surface area contributed by atoms with Crippen LogP contribution >= 0.6 is 0 Å². The molecule has 6 heteroatoms. The molecule has 6 nitrogen and oxygen atoms in total.